The summed E-state index contributed by atoms with van der Waals surface area (Å²) in [5.74, 6) is 5.45. The van der Waals surface area contributed by atoms with Gasteiger partial charge in [0.15, 0.2) is 0 Å². The van der Waals surface area contributed by atoms with Crippen LogP contribution < -0.4 is 5.84 Å². The predicted molar refractivity (Wildman–Crippen MR) is 78.1 cm³/mol. The summed E-state index contributed by atoms with van der Waals surface area (Å²) in [7, 11) is 1.00. The van der Waals surface area contributed by atoms with Gasteiger partial charge in [0, 0.05) is 20.2 Å². The summed E-state index contributed by atoms with van der Waals surface area (Å²) < 4.78 is 0. The minimum atomic E-state index is 0.558. The first kappa shape index (κ1) is 16.3. The Labute approximate surface area is 119 Å². The van der Waals surface area contributed by atoms with Crippen molar-refractivity contribution in [2.75, 3.05) is 7.11 Å². The zero-order chi connectivity index (χ0) is 14.8. The highest BCUT2D eigenvalue weighted by molar-refractivity contribution is 5.16. The first-order valence-electron chi connectivity index (χ1n) is 6.27. The second-order valence-corrected chi connectivity index (χ2v) is 4.11. The lowest BCUT2D eigenvalue weighted by Gasteiger charge is -2.26. The molecule has 0 heterocycles. The molecular formula is C15H21N3O2. The van der Waals surface area contributed by atoms with Crippen LogP contribution in [0.25, 0.3) is 0 Å². The molecule has 0 aliphatic heterocycles. The van der Waals surface area contributed by atoms with Gasteiger partial charge in [0.2, 0.25) is 0 Å². The van der Waals surface area contributed by atoms with Crippen LogP contribution in [0.4, 0.5) is 0 Å². The number of nitrogens with two attached hydrogens (primary N) is 1. The average molecular weight is 275 g/mol. The van der Waals surface area contributed by atoms with E-state index >= 15 is 0 Å². The maximum absolute atomic E-state index is 9.47. The molecule has 0 aliphatic carbocycles. The largest absolute Gasteiger partial charge is 0.400 e. The second kappa shape index (κ2) is 9.19. The van der Waals surface area contributed by atoms with Crippen LogP contribution in [-0.4, -0.2) is 27.7 Å². The van der Waals surface area contributed by atoms with Crippen LogP contribution >= 0.6 is 0 Å². The fourth-order valence-corrected chi connectivity index (χ4v) is 1.79. The smallest absolute Gasteiger partial charge is 0.0424 e. The van der Waals surface area contributed by atoms with E-state index in [-0.39, 0.29) is 0 Å². The van der Waals surface area contributed by atoms with Crippen LogP contribution in [-0.2, 0) is 13.1 Å². The van der Waals surface area contributed by atoms with E-state index in [0.29, 0.717) is 18.4 Å². The number of nitrogens with zero attached hydrogens (tertiary/aromatic N) is 2. The Morgan fingerprint density at radius 2 is 1.15 bits per heavy atom. The van der Waals surface area contributed by atoms with Gasteiger partial charge in [-0.05, 0) is 11.1 Å². The van der Waals surface area contributed by atoms with E-state index in [1.165, 1.54) is 0 Å². The van der Waals surface area contributed by atoms with E-state index in [4.69, 9.17) is 10.9 Å². The second-order valence-electron chi connectivity index (χ2n) is 4.11. The molecule has 0 aliphatic rings. The first-order valence-corrected chi connectivity index (χ1v) is 6.27. The highest BCUT2D eigenvalue weighted by Crippen LogP contribution is 2.09. The van der Waals surface area contributed by atoms with Crippen LogP contribution in [0.1, 0.15) is 11.1 Å². The molecule has 2 aromatic carbocycles. The molecule has 4 N–H and O–H groups in total. The third-order valence-electron chi connectivity index (χ3n) is 2.71. The molecule has 2 rings (SSSR count). The minimum Gasteiger partial charge on any atom is -0.400 e. The standard InChI is InChI=1S/C14H17N3O.CH4O/c15-17(18)16(11-13-7-3-1-4-8-13)12-14-9-5-2-6-10-14;1-2/h1-10,18H,11-12,15H2;2H,1H3. The van der Waals surface area contributed by atoms with Crippen molar-refractivity contribution in [3.05, 3.63) is 71.8 Å². The van der Waals surface area contributed by atoms with Crippen molar-refractivity contribution >= 4 is 0 Å². The molecule has 0 aromatic heterocycles. The van der Waals surface area contributed by atoms with Crippen molar-refractivity contribution in [2.24, 2.45) is 5.84 Å². The molecule has 108 valence electrons. The van der Waals surface area contributed by atoms with E-state index in [0.717, 1.165) is 18.2 Å². The zero-order valence-corrected chi connectivity index (χ0v) is 11.6. The quantitative estimate of drug-likeness (QED) is 0.573. The monoisotopic (exact) mass is 275 g/mol. The Balaban J connectivity index is 0.000000956. The van der Waals surface area contributed by atoms with Gasteiger partial charge in [0.25, 0.3) is 0 Å². The summed E-state index contributed by atoms with van der Waals surface area (Å²) in [6.45, 7) is 1.12. The van der Waals surface area contributed by atoms with Crippen molar-refractivity contribution in [1.82, 2.24) is 10.3 Å². The van der Waals surface area contributed by atoms with Crippen LogP contribution in [0, 0.1) is 0 Å². The van der Waals surface area contributed by atoms with Crippen LogP contribution in [0.2, 0.25) is 0 Å². The van der Waals surface area contributed by atoms with Crippen molar-refractivity contribution in [2.45, 2.75) is 13.1 Å². The van der Waals surface area contributed by atoms with Crippen LogP contribution in [0.15, 0.2) is 60.7 Å². The summed E-state index contributed by atoms with van der Waals surface area (Å²) in [5, 5.41) is 18.8. The van der Waals surface area contributed by atoms with Crippen molar-refractivity contribution in [1.29, 1.82) is 0 Å². The molecule has 0 saturated carbocycles. The Hall–Kier alpha value is -1.76. The van der Waals surface area contributed by atoms with Gasteiger partial charge < -0.3 is 5.11 Å². The number of rotatable bonds is 5. The third-order valence-corrected chi connectivity index (χ3v) is 2.71. The van der Waals surface area contributed by atoms with Gasteiger partial charge in [-0.2, -0.15) is 5.01 Å². The lowest BCUT2D eigenvalue weighted by molar-refractivity contribution is -0.259. The van der Waals surface area contributed by atoms with Gasteiger partial charge in [-0.1, -0.05) is 65.9 Å². The molecule has 0 spiro atoms. The zero-order valence-electron chi connectivity index (χ0n) is 11.6. The number of hydrogen-bond acceptors (Lipinski definition) is 5. The van der Waals surface area contributed by atoms with Gasteiger partial charge in [0.1, 0.15) is 0 Å². The summed E-state index contributed by atoms with van der Waals surface area (Å²) in [4.78, 5) is 0. The Bertz CT molecular complexity index is 422. The van der Waals surface area contributed by atoms with Gasteiger partial charge in [-0.25, -0.2) is 5.84 Å². The average Bonchev–Trinajstić information content (AvgIpc) is 2.51. The molecular weight excluding hydrogens is 254 g/mol. The molecule has 0 fully saturated rings. The van der Waals surface area contributed by atoms with Crippen molar-refractivity contribution in [3.63, 3.8) is 0 Å². The Morgan fingerprint density at radius 1 is 0.800 bits per heavy atom. The molecule has 0 unspecified atom stereocenters. The number of aliphatic hydroxyl groups is 1. The summed E-state index contributed by atoms with van der Waals surface area (Å²) in [6, 6.07) is 19.8. The molecule has 5 nitrogen and oxygen atoms in total. The number of aliphatic hydroxyl groups excluding tert-OH is 1. The maximum Gasteiger partial charge on any atom is 0.0424 e. The van der Waals surface area contributed by atoms with Crippen LogP contribution in [0.3, 0.4) is 0 Å². The SMILES string of the molecule is CO.NN(O)N(Cc1ccccc1)Cc1ccccc1. The normalized spacial score (nSPS) is 10.3. The minimum absolute atomic E-state index is 0.558. The molecule has 0 radical (unpaired) electrons. The van der Waals surface area contributed by atoms with E-state index in [1.807, 2.05) is 60.7 Å². The first-order chi connectivity index (χ1) is 9.75. The van der Waals surface area contributed by atoms with Gasteiger partial charge >= 0.3 is 0 Å². The van der Waals surface area contributed by atoms with Crippen LogP contribution in [0.5, 0.6) is 0 Å². The number of hydrogen-bond donors (Lipinski definition) is 3. The molecule has 0 bridgehead atoms. The number of benzene rings is 2. The molecule has 0 atom stereocenters. The fourth-order valence-electron chi connectivity index (χ4n) is 1.79. The van der Waals surface area contributed by atoms with Crippen molar-refractivity contribution in [3.8, 4) is 0 Å². The molecule has 20 heavy (non-hydrogen) atoms. The predicted octanol–water partition coefficient (Wildman–Crippen LogP) is 1.78. The molecule has 0 saturated heterocycles. The topological polar surface area (TPSA) is 73.0 Å². The van der Waals surface area contributed by atoms with Gasteiger partial charge in [0.05, 0.1) is 0 Å². The highest BCUT2D eigenvalue weighted by Gasteiger charge is 2.10. The number of hydrazine groups is 2. The summed E-state index contributed by atoms with van der Waals surface area (Å²) in [5.41, 5.74) is 2.19. The van der Waals surface area contributed by atoms with Crippen molar-refractivity contribution < 1.29 is 10.3 Å². The Morgan fingerprint density at radius 3 is 1.45 bits per heavy atom. The van der Waals surface area contributed by atoms with E-state index < -0.39 is 0 Å². The molecule has 5 heteroatoms. The van der Waals surface area contributed by atoms with E-state index in [9.17, 15) is 5.21 Å². The molecule has 2 aromatic rings. The summed E-state index contributed by atoms with van der Waals surface area (Å²) >= 11 is 0. The van der Waals surface area contributed by atoms with Gasteiger partial charge in [-0.15, -0.1) is 0 Å². The fraction of sp³-hybridized carbons (Fsp3) is 0.200. The lowest BCUT2D eigenvalue weighted by atomic mass is 10.2. The van der Waals surface area contributed by atoms with E-state index in [1.54, 1.807) is 5.01 Å². The third kappa shape index (κ3) is 5.48. The van der Waals surface area contributed by atoms with Gasteiger partial charge in [-0.3, -0.25) is 5.21 Å². The van der Waals surface area contributed by atoms with E-state index in [2.05, 4.69) is 0 Å². The summed E-state index contributed by atoms with van der Waals surface area (Å²) in [6.07, 6.45) is 0. The Kier molecular flexibility index (Phi) is 7.49. The highest BCUT2D eigenvalue weighted by atomic mass is 16.6. The lowest BCUT2D eigenvalue weighted by Crippen LogP contribution is -2.44. The molecule has 0 amide bonds. The maximum atomic E-state index is 9.47.